The highest BCUT2D eigenvalue weighted by Crippen LogP contribution is 2.30. The number of rotatable bonds is 4. The summed E-state index contributed by atoms with van der Waals surface area (Å²) in [6, 6.07) is 13.5. The quantitative estimate of drug-likeness (QED) is 0.646. The summed E-state index contributed by atoms with van der Waals surface area (Å²) in [6.45, 7) is 1.77. The average molecular weight is 382 g/mol. The Bertz CT molecular complexity index is 976. The van der Waals surface area contributed by atoms with Gasteiger partial charge in [0.2, 0.25) is 0 Å². The Morgan fingerprint density at radius 1 is 1.19 bits per heavy atom. The van der Waals surface area contributed by atoms with Gasteiger partial charge in [0.25, 0.3) is 5.91 Å². The van der Waals surface area contributed by atoms with E-state index < -0.39 is 5.91 Å². The van der Waals surface area contributed by atoms with Gasteiger partial charge in [-0.2, -0.15) is 0 Å². The number of carbonyl (C=O) groups excluding carboxylic acids is 1. The summed E-state index contributed by atoms with van der Waals surface area (Å²) in [4.78, 5) is 20.4. The summed E-state index contributed by atoms with van der Waals surface area (Å²) in [5.41, 5.74) is 7.69. The highest BCUT2D eigenvalue weighted by molar-refractivity contribution is 6.30. The van der Waals surface area contributed by atoms with Crippen LogP contribution in [0.4, 0.5) is 5.82 Å². The first kappa shape index (κ1) is 17.7. The Labute approximate surface area is 162 Å². The second-order valence-corrected chi connectivity index (χ2v) is 7.13. The third kappa shape index (κ3) is 3.59. The van der Waals surface area contributed by atoms with E-state index in [0.29, 0.717) is 22.8 Å². The highest BCUT2D eigenvalue weighted by atomic mass is 35.5. The zero-order valence-corrected chi connectivity index (χ0v) is 15.4. The lowest BCUT2D eigenvalue weighted by Crippen LogP contribution is -2.44. The number of piperidine rings is 1. The Balaban J connectivity index is 1.68. The second kappa shape index (κ2) is 7.50. The molecular weight excluding hydrogens is 362 g/mol. The number of nitrogens with two attached hydrogens (primary N) is 1. The molecule has 2 heterocycles. The summed E-state index contributed by atoms with van der Waals surface area (Å²) < 4.78 is 0. The lowest BCUT2D eigenvalue weighted by Gasteiger charge is -2.33. The van der Waals surface area contributed by atoms with Crippen LogP contribution in [0.3, 0.4) is 0 Å². The first-order valence-electron chi connectivity index (χ1n) is 8.90. The molecule has 4 N–H and O–H groups in total. The first-order chi connectivity index (χ1) is 13.1. The van der Waals surface area contributed by atoms with Crippen molar-refractivity contribution in [1.82, 2.24) is 15.3 Å². The number of aromatic nitrogens is 2. The van der Waals surface area contributed by atoms with Crippen molar-refractivity contribution in [2.75, 3.05) is 18.4 Å². The maximum Gasteiger partial charge on any atom is 0.250 e. The van der Waals surface area contributed by atoms with Crippen molar-refractivity contribution in [1.29, 1.82) is 0 Å². The van der Waals surface area contributed by atoms with E-state index in [4.69, 9.17) is 17.3 Å². The van der Waals surface area contributed by atoms with Crippen molar-refractivity contribution < 1.29 is 4.79 Å². The monoisotopic (exact) mass is 381 g/mol. The van der Waals surface area contributed by atoms with Crippen LogP contribution in [-0.4, -0.2) is 35.0 Å². The molecule has 1 saturated heterocycles. The fourth-order valence-corrected chi connectivity index (χ4v) is 3.82. The third-order valence-electron chi connectivity index (χ3n) is 5.03. The number of anilines is 1. The number of nitrogens with one attached hydrogen (secondary N) is 2. The molecule has 1 amide bonds. The molecule has 0 unspecified atom stereocenters. The maximum atomic E-state index is 11.7. The smallest absolute Gasteiger partial charge is 0.250 e. The molecule has 1 fully saturated rings. The molecule has 2 aromatic carbocycles. The van der Waals surface area contributed by atoms with Gasteiger partial charge in [-0.15, -0.1) is 0 Å². The topological polar surface area (TPSA) is 92.9 Å². The molecule has 6 nitrogen and oxygen atoms in total. The largest absolute Gasteiger partial charge is 0.366 e. The number of primary amides is 1. The third-order valence-corrected chi connectivity index (χ3v) is 5.28. The Kier molecular flexibility index (Phi) is 4.92. The van der Waals surface area contributed by atoms with Crippen LogP contribution >= 0.6 is 11.6 Å². The number of amides is 1. The Morgan fingerprint density at radius 2 is 2.00 bits per heavy atom. The first-order valence-corrected chi connectivity index (χ1v) is 9.27. The summed E-state index contributed by atoms with van der Waals surface area (Å²) >= 11 is 6.04. The molecule has 0 saturated carbocycles. The summed E-state index contributed by atoms with van der Waals surface area (Å²) in [7, 11) is 0. The van der Waals surface area contributed by atoms with Crippen LogP contribution in [0.5, 0.6) is 0 Å². The second-order valence-electron chi connectivity index (χ2n) is 6.69. The van der Waals surface area contributed by atoms with E-state index in [2.05, 4.69) is 32.7 Å². The number of carbonyl (C=O) groups is 1. The molecule has 4 rings (SSSR count). The van der Waals surface area contributed by atoms with Crippen LogP contribution in [0.25, 0.3) is 10.9 Å². The molecule has 1 aromatic heterocycles. The van der Waals surface area contributed by atoms with Crippen molar-refractivity contribution >= 4 is 34.2 Å². The van der Waals surface area contributed by atoms with Crippen LogP contribution in [-0.2, 0) is 0 Å². The lowest BCUT2D eigenvalue weighted by atomic mass is 9.86. The van der Waals surface area contributed by atoms with E-state index in [1.54, 1.807) is 12.1 Å². The molecule has 1 aliphatic heterocycles. The molecule has 2 atom stereocenters. The van der Waals surface area contributed by atoms with Gasteiger partial charge >= 0.3 is 0 Å². The van der Waals surface area contributed by atoms with Gasteiger partial charge in [-0.1, -0.05) is 29.8 Å². The van der Waals surface area contributed by atoms with Crippen LogP contribution in [0.2, 0.25) is 5.02 Å². The van der Waals surface area contributed by atoms with E-state index >= 15 is 0 Å². The lowest BCUT2D eigenvalue weighted by molar-refractivity contribution is 0.100. The molecular formula is C20H20ClN5O. The van der Waals surface area contributed by atoms with Crippen molar-refractivity contribution in [3.63, 3.8) is 0 Å². The number of halogens is 1. The molecule has 3 aromatic rings. The van der Waals surface area contributed by atoms with Gasteiger partial charge in [0, 0.05) is 28.9 Å². The molecule has 1 aliphatic rings. The van der Waals surface area contributed by atoms with Crippen LogP contribution < -0.4 is 16.4 Å². The standard InChI is InChI=1S/C20H20ClN5O/c21-13-6-4-12(5-7-13)14-8-9-23-10-17(14)26-20-16-3-1-2-15(19(22)27)18(16)24-11-25-20/h1-7,11,14,17,23H,8-10H2,(H2,22,27)(H,24,25,26)/t14-,17+/m1/s1. The van der Waals surface area contributed by atoms with E-state index in [9.17, 15) is 4.79 Å². The van der Waals surface area contributed by atoms with E-state index in [-0.39, 0.29) is 6.04 Å². The zero-order valence-electron chi connectivity index (χ0n) is 14.7. The number of nitrogens with zero attached hydrogens (tertiary/aromatic N) is 2. The Morgan fingerprint density at radius 3 is 2.78 bits per heavy atom. The molecule has 0 spiro atoms. The number of hydrogen-bond acceptors (Lipinski definition) is 5. The zero-order chi connectivity index (χ0) is 18.8. The van der Waals surface area contributed by atoms with Crippen molar-refractivity contribution in [2.45, 2.75) is 18.4 Å². The Hall–Kier alpha value is -2.70. The van der Waals surface area contributed by atoms with Crippen molar-refractivity contribution in [3.8, 4) is 0 Å². The molecule has 27 heavy (non-hydrogen) atoms. The van der Waals surface area contributed by atoms with Gasteiger partial charge < -0.3 is 16.4 Å². The van der Waals surface area contributed by atoms with E-state index in [0.717, 1.165) is 29.9 Å². The van der Waals surface area contributed by atoms with E-state index in [1.807, 2.05) is 18.2 Å². The van der Waals surface area contributed by atoms with Crippen LogP contribution in [0.15, 0.2) is 48.8 Å². The fourth-order valence-electron chi connectivity index (χ4n) is 3.70. The molecule has 0 aliphatic carbocycles. The maximum absolute atomic E-state index is 11.7. The van der Waals surface area contributed by atoms with Gasteiger partial charge in [0.05, 0.1) is 11.1 Å². The number of fused-ring (bicyclic) bond motifs is 1. The summed E-state index contributed by atoms with van der Waals surface area (Å²) in [5.74, 6) is 0.534. The SMILES string of the molecule is NC(=O)c1cccc2c(N[C@H]3CNCC[C@@H]3c3ccc(Cl)cc3)ncnc12. The normalized spacial score (nSPS) is 19.7. The minimum absolute atomic E-state index is 0.148. The van der Waals surface area contributed by atoms with Crippen molar-refractivity contribution in [3.05, 3.63) is 64.9 Å². The minimum atomic E-state index is -0.497. The molecule has 0 bridgehead atoms. The van der Waals surface area contributed by atoms with Crippen LogP contribution in [0, 0.1) is 0 Å². The van der Waals surface area contributed by atoms with Gasteiger partial charge in [0.15, 0.2) is 0 Å². The van der Waals surface area contributed by atoms with Gasteiger partial charge in [0.1, 0.15) is 12.1 Å². The molecule has 138 valence electrons. The number of hydrogen-bond donors (Lipinski definition) is 3. The van der Waals surface area contributed by atoms with Crippen molar-refractivity contribution in [2.24, 2.45) is 5.73 Å². The number of para-hydroxylation sites is 1. The fraction of sp³-hybridized carbons (Fsp3) is 0.250. The summed E-state index contributed by atoms with van der Waals surface area (Å²) in [6.07, 6.45) is 2.47. The van der Waals surface area contributed by atoms with Crippen LogP contribution in [0.1, 0.15) is 28.3 Å². The minimum Gasteiger partial charge on any atom is -0.366 e. The molecule has 7 heteroatoms. The highest BCUT2D eigenvalue weighted by Gasteiger charge is 2.27. The van der Waals surface area contributed by atoms with Gasteiger partial charge in [-0.05, 0) is 42.8 Å². The van der Waals surface area contributed by atoms with Gasteiger partial charge in [-0.25, -0.2) is 9.97 Å². The summed E-state index contributed by atoms with van der Waals surface area (Å²) in [5, 5.41) is 8.51. The molecule has 0 radical (unpaired) electrons. The average Bonchev–Trinajstić information content (AvgIpc) is 2.69. The van der Waals surface area contributed by atoms with Gasteiger partial charge in [-0.3, -0.25) is 4.79 Å². The predicted molar refractivity (Wildman–Crippen MR) is 107 cm³/mol. The predicted octanol–water partition coefficient (Wildman–Crippen LogP) is 2.94. The number of benzene rings is 2. The van der Waals surface area contributed by atoms with E-state index in [1.165, 1.54) is 11.9 Å².